The zero-order valence-electron chi connectivity index (χ0n) is 18.4. The van der Waals surface area contributed by atoms with Crippen molar-refractivity contribution in [3.8, 4) is 5.75 Å². The molecule has 4 rings (SSSR count). The van der Waals surface area contributed by atoms with E-state index in [1.165, 1.54) is 16.7 Å². The van der Waals surface area contributed by atoms with Gasteiger partial charge in [0.15, 0.2) is 6.61 Å². The topological polar surface area (TPSA) is 64.6 Å². The first kappa shape index (κ1) is 21.6. The number of amides is 1. The number of benzene rings is 3. The average molecular weight is 430 g/mol. The molecule has 1 amide bonds. The lowest BCUT2D eigenvalue weighted by atomic mass is 9.76. The lowest BCUT2D eigenvalue weighted by Crippen LogP contribution is -2.41. The average Bonchev–Trinajstić information content (AvgIpc) is 3.20. The molecule has 5 nitrogen and oxygen atoms in total. The van der Waals surface area contributed by atoms with Gasteiger partial charge in [-0.2, -0.15) is 0 Å². The first-order chi connectivity index (χ1) is 15.5. The number of carbonyl (C=O) groups is 2. The maximum absolute atomic E-state index is 13.7. The first-order valence-corrected chi connectivity index (χ1v) is 10.8. The molecular formula is C27H27NO4. The Hall–Kier alpha value is -3.60. The molecule has 0 fully saturated rings. The number of ether oxygens (including phenoxy) is 2. The van der Waals surface area contributed by atoms with Crippen LogP contribution >= 0.6 is 0 Å². The highest BCUT2D eigenvalue weighted by Gasteiger charge is 2.45. The van der Waals surface area contributed by atoms with Gasteiger partial charge in [-0.3, -0.25) is 4.79 Å². The summed E-state index contributed by atoms with van der Waals surface area (Å²) in [7, 11) is 0. The van der Waals surface area contributed by atoms with E-state index in [-0.39, 0.29) is 12.5 Å². The number of fused-ring (bicyclic) bond motifs is 1. The summed E-state index contributed by atoms with van der Waals surface area (Å²) in [6.45, 7) is 3.97. The summed E-state index contributed by atoms with van der Waals surface area (Å²) in [5.74, 6) is 0.0982. The third kappa shape index (κ3) is 4.52. The van der Waals surface area contributed by atoms with Gasteiger partial charge in [0, 0.05) is 5.69 Å². The van der Waals surface area contributed by atoms with Crippen LogP contribution in [0.3, 0.4) is 0 Å². The fraction of sp³-hybridized carbons (Fsp3) is 0.259. The van der Waals surface area contributed by atoms with Gasteiger partial charge in [0.25, 0.3) is 0 Å². The quantitative estimate of drug-likeness (QED) is 0.557. The van der Waals surface area contributed by atoms with Crippen molar-refractivity contribution in [2.24, 2.45) is 0 Å². The van der Waals surface area contributed by atoms with Crippen molar-refractivity contribution in [1.29, 1.82) is 0 Å². The molecular weight excluding hydrogens is 402 g/mol. The number of carbonyl (C=O) groups excluding carboxylic acids is 2. The van der Waals surface area contributed by atoms with Gasteiger partial charge in [-0.25, -0.2) is 4.79 Å². The molecule has 5 heteroatoms. The Kier molecular flexibility index (Phi) is 6.26. The molecule has 1 aliphatic rings. The van der Waals surface area contributed by atoms with E-state index in [0.29, 0.717) is 30.9 Å². The van der Waals surface area contributed by atoms with Crippen molar-refractivity contribution >= 4 is 17.6 Å². The molecule has 3 aromatic rings. The van der Waals surface area contributed by atoms with Gasteiger partial charge in [-0.05, 0) is 67.6 Å². The largest absolute Gasteiger partial charge is 0.482 e. The van der Waals surface area contributed by atoms with E-state index in [9.17, 15) is 9.59 Å². The van der Waals surface area contributed by atoms with Crippen LogP contribution < -0.4 is 10.1 Å². The highest BCUT2D eigenvalue weighted by molar-refractivity contribution is 6.00. The van der Waals surface area contributed by atoms with Gasteiger partial charge in [0.1, 0.15) is 5.75 Å². The molecule has 0 saturated heterocycles. The lowest BCUT2D eigenvalue weighted by Gasteiger charge is -2.28. The molecule has 3 aromatic carbocycles. The van der Waals surface area contributed by atoms with Crippen LogP contribution in [0, 0.1) is 6.92 Å². The Morgan fingerprint density at radius 1 is 0.906 bits per heavy atom. The van der Waals surface area contributed by atoms with Crippen LogP contribution in [-0.2, 0) is 32.6 Å². The maximum Gasteiger partial charge on any atom is 0.344 e. The first-order valence-electron chi connectivity index (χ1n) is 10.8. The van der Waals surface area contributed by atoms with E-state index in [4.69, 9.17) is 9.47 Å². The summed E-state index contributed by atoms with van der Waals surface area (Å²) in [5, 5.41) is 3.10. The maximum atomic E-state index is 13.7. The minimum atomic E-state index is -0.656. The van der Waals surface area contributed by atoms with Crippen molar-refractivity contribution < 1.29 is 19.1 Å². The zero-order valence-corrected chi connectivity index (χ0v) is 18.4. The number of rotatable bonds is 7. The standard InChI is InChI=1S/C27H27NO4/c1-3-31-25(29)18-32-24-14-12-23(13-15-24)28-26(30)27(22-10-8-19(2)9-11-22)16-20-6-4-5-7-21(20)17-27/h4-15H,3,16-18H2,1-2H3,(H,28,30). The second-order valence-corrected chi connectivity index (χ2v) is 8.14. The summed E-state index contributed by atoms with van der Waals surface area (Å²) in [5.41, 5.74) is 4.64. The van der Waals surface area contributed by atoms with E-state index < -0.39 is 11.4 Å². The summed E-state index contributed by atoms with van der Waals surface area (Å²) in [6, 6.07) is 23.5. The van der Waals surface area contributed by atoms with Gasteiger partial charge < -0.3 is 14.8 Å². The van der Waals surface area contributed by atoms with Crippen LogP contribution in [0.15, 0.2) is 72.8 Å². The van der Waals surface area contributed by atoms with E-state index >= 15 is 0 Å². The molecule has 0 unspecified atom stereocenters. The van der Waals surface area contributed by atoms with Gasteiger partial charge in [0.2, 0.25) is 5.91 Å². The normalized spacial score (nSPS) is 13.8. The number of esters is 1. The monoisotopic (exact) mass is 429 g/mol. The highest BCUT2D eigenvalue weighted by Crippen LogP contribution is 2.41. The third-order valence-electron chi connectivity index (χ3n) is 5.92. The Morgan fingerprint density at radius 2 is 1.53 bits per heavy atom. The fourth-order valence-electron chi connectivity index (χ4n) is 4.21. The molecule has 0 bridgehead atoms. The molecule has 164 valence electrons. The fourth-order valence-corrected chi connectivity index (χ4v) is 4.21. The van der Waals surface area contributed by atoms with Crippen LogP contribution in [0.1, 0.15) is 29.2 Å². The van der Waals surface area contributed by atoms with Crippen molar-refractivity contribution in [2.45, 2.75) is 32.1 Å². The van der Waals surface area contributed by atoms with Gasteiger partial charge >= 0.3 is 5.97 Å². The number of anilines is 1. The van der Waals surface area contributed by atoms with Crippen molar-refractivity contribution in [3.63, 3.8) is 0 Å². The van der Waals surface area contributed by atoms with Crippen molar-refractivity contribution in [3.05, 3.63) is 95.1 Å². The Morgan fingerprint density at radius 3 is 2.12 bits per heavy atom. The molecule has 0 atom stereocenters. The molecule has 0 heterocycles. The Balaban J connectivity index is 1.53. The predicted molar refractivity (Wildman–Crippen MR) is 124 cm³/mol. The molecule has 0 radical (unpaired) electrons. The van der Waals surface area contributed by atoms with Crippen LogP contribution in [0.5, 0.6) is 5.75 Å². The van der Waals surface area contributed by atoms with Crippen LogP contribution in [0.2, 0.25) is 0 Å². The molecule has 0 aliphatic heterocycles. The molecule has 1 aliphatic carbocycles. The smallest absolute Gasteiger partial charge is 0.344 e. The Bertz CT molecular complexity index is 1080. The summed E-state index contributed by atoms with van der Waals surface area (Å²) in [6.07, 6.45) is 1.33. The van der Waals surface area contributed by atoms with Gasteiger partial charge in [0.05, 0.1) is 12.0 Å². The van der Waals surface area contributed by atoms with Crippen LogP contribution in [0.4, 0.5) is 5.69 Å². The molecule has 0 spiro atoms. The van der Waals surface area contributed by atoms with E-state index in [1.807, 2.05) is 19.1 Å². The highest BCUT2D eigenvalue weighted by atomic mass is 16.6. The minimum Gasteiger partial charge on any atom is -0.482 e. The minimum absolute atomic E-state index is 0.0299. The number of aryl methyl sites for hydroxylation is 1. The zero-order chi connectivity index (χ0) is 22.6. The van der Waals surface area contributed by atoms with Gasteiger partial charge in [-0.15, -0.1) is 0 Å². The summed E-state index contributed by atoms with van der Waals surface area (Å²) < 4.78 is 10.3. The molecule has 32 heavy (non-hydrogen) atoms. The third-order valence-corrected chi connectivity index (χ3v) is 5.92. The second-order valence-electron chi connectivity index (χ2n) is 8.14. The Labute approximate surface area is 188 Å². The number of nitrogens with one attached hydrogen (secondary N) is 1. The van der Waals surface area contributed by atoms with Crippen molar-refractivity contribution in [1.82, 2.24) is 0 Å². The van der Waals surface area contributed by atoms with Crippen LogP contribution in [0.25, 0.3) is 0 Å². The SMILES string of the molecule is CCOC(=O)COc1ccc(NC(=O)C2(c3ccc(C)cc3)Cc3ccccc3C2)cc1. The summed E-state index contributed by atoms with van der Waals surface area (Å²) >= 11 is 0. The molecule has 0 aromatic heterocycles. The van der Waals surface area contributed by atoms with Crippen molar-refractivity contribution in [2.75, 3.05) is 18.5 Å². The molecule has 1 N–H and O–H groups in total. The van der Waals surface area contributed by atoms with Gasteiger partial charge in [-0.1, -0.05) is 54.1 Å². The second kappa shape index (κ2) is 9.27. The predicted octanol–water partition coefficient (Wildman–Crippen LogP) is 4.61. The summed E-state index contributed by atoms with van der Waals surface area (Å²) in [4.78, 5) is 25.1. The van der Waals surface area contributed by atoms with E-state index in [1.54, 1.807) is 31.2 Å². The van der Waals surface area contributed by atoms with Crippen LogP contribution in [-0.4, -0.2) is 25.1 Å². The van der Waals surface area contributed by atoms with E-state index in [2.05, 4.69) is 41.7 Å². The molecule has 0 saturated carbocycles. The number of hydrogen-bond acceptors (Lipinski definition) is 4. The number of hydrogen-bond donors (Lipinski definition) is 1. The van der Waals surface area contributed by atoms with E-state index in [0.717, 1.165) is 5.56 Å². The lowest BCUT2D eigenvalue weighted by molar-refractivity contribution is -0.145.